The molecular weight excluding hydrogens is 480 g/mol. The number of carbonyl (C=O) groups is 1. The first-order chi connectivity index (χ1) is 17.4. The fourth-order valence-corrected chi connectivity index (χ4v) is 3.49. The molecule has 0 spiro atoms. The lowest BCUT2D eigenvalue weighted by molar-refractivity contribution is -0.112. The molecule has 4 aromatic rings. The van der Waals surface area contributed by atoms with Crippen LogP contribution in [0.15, 0.2) is 77.2 Å². The molecule has 0 radical (unpaired) electrons. The number of nitriles is 1. The van der Waals surface area contributed by atoms with Crippen molar-refractivity contribution >= 4 is 34.9 Å². The molecule has 8 nitrogen and oxygen atoms in total. The molecule has 0 saturated carbocycles. The van der Waals surface area contributed by atoms with Crippen molar-refractivity contribution in [1.82, 2.24) is 9.38 Å². The Balaban J connectivity index is 1.74. The highest BCUT2D eigenvalue weighted by molar-refractivity contribution is 6.31. The van der Waals surface area contributed by atoms with Crippen molar-refractivity contribution in [2.24, 2.45) is 0 Å². The predicted octanol–water partition coefficient (Wildman–Crippen LogP) is 5.39. The van der Waals surface area contributed by atoms with Crippen molar-refractivity contribution in [1.29, 1.82) is 5.26 Å². The molecule has 0 unspecified atom stereocenters. The van der Waals surface area contributed by atoms with Gasteiger partial charge in [-0.25, -0.2) is 0 Å². The Kier molecular flexibility index (Phi) is 7.33. The lowest BCUT2D eigenvalue weighted by atomic mass is 10.1. The summed E-state index contributed by atoms with van der Waals surface area (Å²) in [6.45, 7) is 4.20. The fourth-order valence-electron chi connectivity index (χ4n) is 3.37. The molecule has 0 bridgehead atoms. The smallest absolute Gasteiger partial charge is 0.269 e. The van der Waals surface area contributed by atoms with Crippen LogP contribution in [0.2, 0.25) is 5.02 Å². The Morgan fingerprint density at radius 2 is 1.92 bits per heavy atom. The SMILES string of the molecule is CCOc1ccc(NC(=O)/C(C#N)=C/c2c(Oc3ccc(Cl)c(C)c3)nc3ccccn3c2=O)cc1. The Morgan fingerprint density at radius 1 is 1.17 bits per heavy atom. The fraction of sp³-hybridized carbons (Fsp3) is 0.111. The number of pyridine rings is 1. The van der Waals surface area contributed by atoms with Gasteiger partial charge in [-0.1, -0.05) is 17.7 Å². The Labute approximate surface area is 212 Å². The van der Waals surface area contributed by atoms with Crippen LogP contribution in [0.5, 0.6) is 17.4 Å². The van der Waals surface area contributed by atoms with Gasteiger partial charge in [-0.05, 0) is 80.1 Å². The van der Waals surface area contributed by atoms with E-state index >= 15 is 0 Å². The zero-order valence-electron chi connectivity index (χ0n) is 19.5. The van der Waals surface area contributed by atoms with Crippen LogP contribution >= 0.6 is 11.6 Å². The Morgan fingerprint density at radius 3 is 2.61 bits per heavy atom. The van der Waals surface area contributed by atoms with Crippen molar-refractivity contribution in [2.75, 3.05) is 11.9 Å². The second kappa shape index (κ2) is 10.8. The predicted molar refractivity (Wildman–Crippen MR) is 138 cm³/mol. The van der Waals surface area contributed by atoms with Crippen LogP contribution in [0.25, 0.3) is 11.7 Å². The quantitative estimate of drug-likeness (QED) is 0.269. The third-order valence-electron chi connectivity index (χ3n) is 5.15. The van der Waals surface area contributed by atoms with E-state index < -0.39 is 11.5 Å². The molecule has 0 fully saturated rings. The molecule has 36 heavy (non-hydrogen) atoms. The molecule has 2 aromatic heterocycles. The first-order valence-corrected chi connectivity index (χ1v) is 11.4. The summed E-state index contributed by atoms with van der Waals surface area (Å²) in [5.74, 6) is 0.319. The zero-order chi connectivity index (χ0) is 25.7. The summed E-state index contributed by atoms with van der Waals surface area (Å²) in [5.41, 5.74) is 0.739. The number of hydrogen-bond donors (Lipinski definition) is 1. The molecule has 180 valence electrons. The zero-order valence-corrected chi connectivity index (χ0v) is 20.2. The van der Waals surface area contributed by atoms with E-state index in [2.05, 4.69) is 10.3 Å². The molecule has 0 aliphatic rings. The Hall–Kier alpha value is -4.61. The molecular formula is C27H21ClN4O4. The second-order valence-corrected chi connectivity index (χ2v) is 8.07. The molecule has 0 aliphatic heterocycles. The lowest BCUT2D eigenvalue weighted by Crippen LogP contribution is -2.20. The summed E-state index contributed by atoms with van der Waals surface area (Å²) in [7, 11) is 0. The number of carbonyl (C=O) groups excluding carboxylic acids is 1. The minimum absolute atomic E-state index is 0.0467. The average molecular weight is 501 g/mol. The molecule has 2 heterocycles. The number of hydrogen-bond acceptors (Lipinski definition) is 6. The number of halogens is 1. The van der Waals surface area contributed by atoms with Crippen LogP contribution in [0.4, 0.5) is 5.69 Å². The topological polar surface area (TPSA) is 106 Å². The van der Waals surface area contributed by atoms with Crippen molar-refractivity contribution in [3.63, 3.8) is 0 Å². The first kappa shape index (κ1) is 24.5. The molecule has 9 heteroatoms. The van der Waals surface area contributed by atoms with Crippen LogP contribution in [0.3, 0.4) is 0 Å². The highest BCUT2D eigenvalue weighted by Crippen LogP contribution is 2.27. The summed E-state index contributed by atoms with van der Waals surface area (Å²) < 4.78 is 12.6. The normalized spacial score (nSPS) is 11.1. The van der Waals surface area contributed by atoms with Gasteiger partial charge in [0.25, 0.3) is 11.5 Å². The number of nitrogens with one attached hydrogen (secondary N) is 1. The summed E-state index contributed by atoms with van der Waals surface area (Å²) in [4.78, 5) is 30.6. The first-order valence-electron chi connectivity index (χ1n) is 11.0. The van der Waals surface area contributed by atoms with Crippen molar-refractivity contribution in [3.8, 4) is 23.4 Å². The number of nitrogens with zero attached hydrogens (tertiary/aromatic N) is 3. The monoisotopic (exact) mass is 500 g/mol. The third kappa shape index (κ3) is 5.37. The van der Waals surface area contributed by atoms with Crippen LogP contribution in [0, 0.1) is 18.3 Å². The van der Waals surface area contributed by atoms with E-state index in [4.69, 9.17) is 21.1 Å². The van der Waals surface area contributed by atoms with E-state index in [1.807, 2.05) is 19.9 Å². The van der Waals surface area contributed by atoms with E-state index in [9.17, 15) is 14.9 Å². The second-order valence-electron chi connectivity index (χ2n) is 7.66. The number of benzene rings is 2. The Bertz CT molecular complexity index is 1570. The van der Waals surface area contributed by atoms with Gasteiger partial charge in [-0.3, -0.25) is 14.0 Å². The third-order valence-corrected chi connectivity index (χ3v) is 5.58. The van der Waals surface area contributed by atoms with Gasteiger partial charge in [-0.15, -0.1) is 0 Å². The van der Waals surface area contributed by atoms with Crippen molar-refractivity contribution in [3.05, 3.63) is 98.9 Å². The van der Waals surface area contributed by atoms with Crippen LogP contribution < -0.4 is 20.3 Å². The minimum Gasteiger partial charge on any atom is -0.494 e. The average Bonchev–Trinajstić information content (AvgIpc) is 2.87. The van der Waals surface area contributed by atoms with Gasteiger partial charge in [-0.2, -0.15) is 10.2 Å². The number of anilines is 1. The summed E-state index contributed by atoms with van der Waals surface area (Å²) in [6.07, 6.45) is 2.72. The maximum absolute atomic E-state index is 13.3. The van der Waals surface area contributed by atoms with Crippen LogP contribution in [0.1, 0.15) is 18.1 Å². The number of amides is 1. The molecule has 0 atom stereocenters. The molecule has 1 amide bonds. The van der Waals surface area contributed by atoms with Gasteiger partial charge < -0.3 is 14.8 Å². The molecule has 0 saturated heterocycles. The minimum atomic E-state index is -0.687. The van der Waals surface area contributed by atoms with E-state index in [1.54, 1.807) is 66.9 Å². The maximum Gasteiger partial charge on any atom is 0.269 e. The molecule has 4 rings (SSSR count). The number of rotatable bonds is 7. The largest absolute Gasteiger partial charge is 0.494 e. The standard InChI is InChI=1S/C27H21ClN4O4/c1-3-35-20-9-7-19(8-10-20)30-25(33)18(16-29)15-22-26(36-21-11-12-23(28)17(2)14-21)31-24-6-4-5-13-32(24)27(22)34/h4-15H,3H2,1-2H3,(H,30,33)/b18-15+. The van der Waals surface area contributed by atoms with Gasteiger partial charge in [0.2, 0.25) is 5.88 Å². The van der Waals surface area contributed by atoms with Crippen LogP contribution in [-0.4, -0.2) is 21.9 Å². The van der Waals surface area contributed by atoms with Gasteiger partial charge in [0.05, 0.1) is 6.61 Å². The highest BCUT2D eigenvalue weighted by Gasteiger charge is 2.18. The van der Waals surface area contributed by atoms with E-state index in [0.29, 0.717) is 34.5 Å². The highest BCUT2D eigenvalue weighted by atomic mass is 35.5. The molecule has 0 aliphatic carbocycles. The summed E-state index contributed by atoms with van der Waals surface area (Å²) in [6, 6.07) is 18.6. The van der Waals surface area contributed by atoms with E-state index in [0.717, 1.165) is 5.56 Å². The van der Waals surface area contributed by atoms with Crippen molar-refractivity contribution in [2.45, 2.75) is 13.8 Å². The number of aromatic nitrogens is 2. The van der Waals surface area contributed by atoms with Gasteiger partial charge in [0, 0.05) is 16.9 Å². The summed E-state index contributed by atoms with van der Waals surface area (Å²) in [5, 5.41) is 12.9. The van der Waals surface area contributed by atoms with Gasteiger partial charge >= 0.3 is 0 Å². The summed E-state index contributed by atoms with van der Waals surface area (Å²) >= 11 is 6.11. The maximum atomic E-state index is 13.3. The van der Waals surface area contributed by atoms with Gasteiger partial charge in [0.15, 0.2) is 0 Å². The van der Waals surface area contributed by atoms with Gasteiger partial charge in [0.1, 0.15) is 34.4 Å². The number of fused-ring (bicyclic) bond motifs is 1. The molecule has 1 N–H and O–H groups in total. The number of aryl methyl sites for hydroxylation is 1. The van der Waals surface area contributed by atoms with Crippen LogP contribution in [-0.2, 0) is 4.79 Å². The van der Waals surface area contributed by atoms with Crippen molar-refractivity contribution < 1.29 is 14.3 Å². The molecule has 2 aromatic carbocycles. The lowest BCUT2D eigenvalue weighted by Gasteiger charge is -2.11. The van der Waals surface area contributed by atoms with E-state index in [-0.39, 0.29) is 17.0 Å². The number of ether oxygens (including phenoxy) is 2. The van der Waals surface area contributed by atoms with E-state index in [1.165, 1.54) is 10.5 Å².